The first kappa shape index (κ1) is 13.1. The zero-order valence-corrected chi connectivity index (χ0v) is 13.2. The number of benzene rings is 1. The van der Waals surface area contributed by atoms with Crippen molar-refractivity contribution >= 4 is 10.9 Å². The van der Waals surface area contributed by atoms with Crippen LogP contribution >= 0.6 is 0 Å². The summed E-state index contributed by atoms with van der Waals surface area (Å²) in [5.74, 6) is 2.18. The molecule has 2 fully saturated rings. The van der Waals surface area contributed by atoms with E-state index in [2.05, 4.69) is 29.3 Å². The van der Waals surface area contributed by atoms with E-state index in [0.29, 0.717) is 11.8 Å². The van der Waals surface area contributed by atoms with Gasteiger partial charge in [0.15, 0.2) is 0 Å². The van der Waals surface area contributed by atoms with Crippen LogP contribution in [-0.4, -0.2) is 21.4 Å². The van der Waals surface area contributed by atoms with E-state index in [9.17, 15) is 5.11 Å². The lowest BCUT2D eigenvalue weighted by Crippen LogP contribution is -2.43. The summed E-state index contributed by atoms with van der Waals surface area (Å²) in [5.41, 5.74) is 4.46. The van der Waals surface area contributed by atoms with Crippen LogP contribution in [0, 0.1) is 17.3 Å². The number of aromatic amines is 1. The van der Waals surface area contributed by atoms with Crippen LogP contribution in [0.15, 0.2) is 18.3 Å². The van der Waals surface area contributed by atoms with Gasteiger partial charge in [0.05, 0.1) is 17.8 Å². The number of aliphatic hydroxyl groups excluding tert-OH is 1. The molecule has 3 nitrogen and oxygen atoms in total. The summed E-state index contributed by atoms with van der Waals surface area (Å²) in [7, 11) is 0. The highest BCUT2D eigenvalue weighted by Crippen LogP contribution is 2.60. The second-order valence-electron chi connectivity index (χ2n) is 8.06. The Kier molecular flexibility index (Phi) is 2.59. The maximum atomic E-state index is 10.5. The molecule has 0 amide bonds. The molecule has 0 aliphatic heterocycles. The lowest BCUT2D eigenvalue weighted by atomic mass is 9.55. The first-order valence-electron chi connectivity index (χ1n) is 8.81. The summed E-state index contributed by atoms with van der Waals surface area (Å²) in [6.07, 6.45) is 9.01. The van der Waals surface area contributed by atoms with E-state index in [1.54, 1.807) is 5.56 Å². The quantitative estimate of drug-likeness (QED) is 0.777. The van der Waals surface area contributed by atoms with Gasteiger partial charge in [0.1, 0.15) is 0 Å². The van der Waals surface area contributed by atoms with Crippen molar-refractivity contribution in [1.82, 2.24) is 10.2 Å². The fraction of sp³-hybridized carbons (Fsp3) is 0.632. The predicted molar refractivity (Wildman–Crippen MR) is 86.7 cm³/mol. The van der Waals surface area contributed by atoms with E-state index >= 15 is 0 Å². The van der Waals surface area contributed by atoms with Gasteiger partial charge in [-0.05, 0) is 85.0 Å². The molecule has 0 saturated heterocycles. The summed E-state index contributed by atoms with van der Waals surface area (Å²) in [4.78, 5) is 0. The largest absolute Gasteiger partial charge is 0.393 e. The normalized spacial score (nSPS) is 40.3. The smallest absolute Gasteiger partial charge is 0.0653 e. The Morgan fingerprint density at radius 2 is 2.14 bits per heavy atom. The van der Waals surface area contributed by atoms with Gasteiger partial charge in [-0.15, -0.1) is 0 Å². The van der Waals surface area contributed by atoms with Crippen molar-refractivity contribution in [2.45, 2.75) is 57.5 Å². The standard InChI is InChI=1S/C19H24N2O/c1-19-7-6-13-14(16(19)4-5-18(19)22)3-2-11-8-12-10-20-21-17(12)9-15(11)13/h8-10,13-14,16,18,22H,2-7H2,1H3,(H,20,21)/t13-,14+,16-,18-,19-/m0/s1. The number of nitrogens with one attached hydrogen (secondary N) is 1. The highest BCUT2D eigenvalue weighted by atomic mass is 16.3. The number of hydrogen-bond acceptors (Lipinski definition) is 2. The molecule has 0 radical (unpaired) electrons. The third-order valence-electron chi connectivity index (χ3n) is 7.23. The molecule has 1 aromatic carbocycles. The fourth-order valence-electron chi connectivity index (χ4n) is 5.99. The van der Waals surface area contributed by atoms with Gasteiger partial charge in [-0.25, -0.2) is 0 Å². The number of aliphatic hydroxyl groups is 1. The molecular formula is C19H24N2O. The number of aryl methyl sites for hydroxylation is 1. The Morgan fingerprint density at radius 1 is 1.23 bits per heavy atom. The predicted octanol–water partition coefficient (Wildman–Crippen LogP) is 3.78. The maximum absolute atomic E-state index is 10.5. The van der Waals surface area contributed by atoms with Crippen molar-refractivity contribution in [2.75, 3.05) is 0 Å². The minimum absolute atomic E-state index is 0.0741. The average molecular weight is 296 g/mol. The van der Waals surface area contributed by atoms with Crippen LogP contribution in [0.4, 0.5) is 0 Å². The van der Waals surface area contributed by atoms with E-state index in [-0.39, 0.29) is 11.5 Å². The minimum atomic E-state index is -0.0741. The number of aromatic nitrogens is 2. The fourth-order valence-corrected chi connectivity index (χ4v) is 5.99. The third kappa shape index (κ3) is 1.58. The van der Waals surface area contributed by atoms with E-state index in [4.69, 9.17) is 0 Å². The molecule has 116 valence electrons. The van der Waals surface area contributed by atoms with Crippen molar-refractivity contribution < 1.29 is 5.11 Å². The highest BCUT2D eigenvalue weighted by molar-refractivity contribution is 5.80. The summed E-state index contributed by atoms with van der Waals surface area (Å²) in [5, 5.41) is 19.0. The number of fused-ring (bicyclic) bond motifs is 6. The molecular weight excluding hydrogens is 272 g/mol. The van der Waals surface area contributed by atoms with E-state index in [1.807, 2.05) is 6.20 Å². The lowest BCUT2D eigenvalue weighted by Gasteiger charge is -2.50. The topological polar surface area (TPSA) is 48.9 Å². The van der Waals surface area contributed by atoms with Crippen LogP contribution in [0.2, 0.25) is 0 Å². The number of hydrogen-bond donors (Lipinski definition) is 2. The van der Waals surface area contributed by atoms with Gasteiger partial charge in [-0.2, -0.15) is 5.10 Å². The van der Waals surface area contributed by atoms with Gasteiger partial charge in [0.25, 0.3) is 0 Å². The Bertz CT molecular complexity index is 736. The van der Waals surface area contributed by atoms with Crippen molar-refractivity contribution in [3.8, 4) is 0 Å². The Labute approximate surface area is 131 Å². The molecule has 1 heterocycles. The second-order valence-corrected chi connectivity index (χ2v) is 8.06. The number of nitrogens with zero attached hydrogens (tertiary/aromatic N) is 1. The molecule has 0 spiro atoms. The lowest BCUT2D eigenvalue weighted by molar-refractivity contribution is -0.0225. The minimum Gasteiger partial charge on any atom is -0.393 e. The van der Waals surface area contributed by atoms with Crippen molar-refractivity contribution in [3.05, 3.63) is 29.5 Å². The van der Waals surface area contributed by atoms with E-state index in [1.165, 1.54) is 48.6 Å². The van der Waals surface area contributed by atoms with Gasteiger partial charge >= 0.3 is 0 Å². The van der Waals surface area contributed by atoms with Crippen LogP contribution in [0.5, 0.6) is 0 Å². The molecule has 5 rings (SSSR count). The van der Waals surface area contributed by atoms with Gasteiger partial charge in [0.2, 0.25) is 0 Å². The van der Waals surface area contributed by atoms with Gasteiger partial charge in [0, 0.05) is 5.39 Å². The number of rotatable bonds is 0. The van der Waals surface area contributed by atoms with Crippen LogP contribution in [-0.2, 0) is 6.42 Å². The van der Waals surface area contributed by atoms with Crippen molar-refractivity contribution in [1.29, 1.82) is 0 Å². The average Bonchev–Trinajstić information content (AvgIpc) is 3.09. The molecule has 22 heavy (non-hydrogen) atoms. The van der Waals surface area contributed by atoms with Gasteiger partial charge in [-0.3, -0.25) is 5.10 Å². The molecule has 0 unspecified atom stereocenters. The molecule has 3 aliphatic carbocycles. The van der Waals surface area contributed by atoms with Crippen molar-refractivity contribution in [2.24, 2.45) is 17.3 Å². The molecule has 0 bridgehead atoms. The number of H-pyrrole nitrogens is 1. The zero-order chi connectivity index (χ0) is 14.9. The first-order valence-corrected chi connectivity index (χ1v) is 8.81. The van der Waals surface area contributed by atoms with Gasteiger partial charge in [-0.1, -0.05) is 6.92 Å². The monoisotopic (exact) mass is 296 g/mol. The molecule has 2 aromatic rings. The molecule has 5 atom stereocenters. The van der Waals surface area contributed by atoms with Gasteiger partial charge < -0.3 is 5.11 Å². The molecule has 2 saturated carbocycles. The van der Waals surface area contributed by atoms with E-state index in [0.717, 1.165) is 12.3 Å². The van der Waals surface area contributed by atoms with Crippen LogP contribution in [0.1, 0.15) is 56.1 Å². The summed E-state index contributed by atoms with van der Waals surface area (Å²) < 4.78 is 0. The first-order chi connectivity index (χ1) is 10.7. The highest BCUT2D eigenvalue weighted by Gasteiger charge is 2.54. The third-order valence-corrected chi connectivity index (χ3v) is 7.23. The molecule has 2 N–H and O–H groups in total. The van der Waals surface area contributed by atoms with Crippen LogP contribution in [0.25, 0.3) is 10.9 Å². The van der Waals surface area contributed by atoms with Crippen LogP contribution in [0.3, 0.4) is 0 Å². The van der Waals surface area contributed by atoms with E-state index < -0.39 is 0 Å². The molecule has 3 heteroatoms. The molecule has 3 aliphatic rings. The summed E-state index contributed by atoms with van der Waals surface area (Å²) >= 11 is 0. The Balaban J connectivity index is 1.59. The maximum Gasteiger partial charge on any atom is 0.0653 e. The molecule has 1 aromatic heterocycles. The Hall–Kier alpha value is -1.35. The second kappa shape index (κ2) is 4.35. The van der Waals surface area contributed by atoms with Crippen LogP contribution < -0.4 is 0 Å². The van der Waals surface area contributed by atoms with Crippen molar-refractivity contribution in [3.63, 3.8) is 0 Å². The summed E-state index contributed by atoms with van der Waals surface area (Å²) in [6.45, 7) is 2.35. The summed E-state index contributed by atoms with van der Waals surface area (Å²) in [6, 6.07) is 4.71. The SMILES string of the molecule is C[C@]12CC[C@@H]3c4cc5[nH]ncc5cc4CC[C@H]3[C@@H]1CC[C@@H]2O. The zero-order valence-electron chi connectivity index (χ0n) is 13.2. The Morgan fingerprint density at radius 3 is 3.05 bits per heavy atom.